The van der Waals surface area contributed by atoms with E-state index >= 15 is 0 Å². The lowest BCUT2D eigenvalue weighted by Gasteiger charge is -2.24. The summed E-state index contributed by atoms with van der Waals surface area (Å²) in [6, 6.07) is 16.3. The molecule has 2 aromatic carbocycles. The summed E-state index contributed by atoms with van der Waals surface area (Å²) in [4.78, 5) is 19.3. The van der Waals surface area contributed by atoms with Crippen molar-refractivity contribution in [3.8, 4) is 6.07 Å². The molecular weight excluding hydrogens is 356 g/mol. The topological polar surface area (TPSA) is 60.5 Å². The minimum atomic E-state index is -0.472. The summed E-state index contributed by atoms with van der Waals surface area (Å²) < 4.78 is 0. The van der Waals surface area contributed by atoms with Gasteiger partial charge in [0.25, 0.3) is 11.6 Å². The van der Waals surface area contributed by atoms with E-state index in [2.05, 4.69) is 10.2 Å². The predicted molar refractivity (Wildman–Crippen MR) is 107 cm³/mol. The number of allylic oxidation sites excluding steroid dienone is 2. The summed E-state index contributed by atoms with van der Waals surface area (Å²) in [5, 5.41) is 12.6. The molecular formula is C21H16N4OS. The highest BCUT2D eigenvalue weighted by atomic mass is 32.2. The molecule has 0 bridgehead atoms. The Kier molecular flexibility index (Phi) is 5.30. The van der Waals surface area contributed by atoms with Crippen LogP contribution in [0.25, 0.3) is 10.4 Å². The lowest BCUT2D eigenvalue weighted by Crippen LogP contribution is -2.16. The molecule has 0 saturated heterocycles. The molecule has 27 heavy (non-hydrogen) atoms. The molecule has 2 aromatic rings. The van der Waals surface area contributed by atoms with Crippen LogP contribution in [0.2, 0.25) is 0 Å². The number of nitrogens with one attached hydrogen (secondary N) is 1. The standard InChI is InChI=1S/C21H16N4OS/c1-23-20(21(26)24-15-10-8-14(13-22)9-11-15)17-12-19(25(2)3)27-18-7-5-4-6-16(17)18/h4-12H,2-3H3,(H,24,26)/b20-17+. The fourth-order valence-electron chi connectivity index (χ4n) is 2.59. The molecule has 1 aliphatic heterocycles. The van der Waals surface area contributed by atoms with Crippen LogP contribution in [0.3, 0.4) is 0 Å². The van der Waals surface area contributed by atoms with Crippen molar-refractivity contribution in [2.75, 3.05) is 19.4 Å². The van der Waals surface area contributed by atoms with E-state index in [9.17, 15) is 4.79 Å². The van der Waals surface area contributed by atoms with Crippen LogP contribution in [-0.2, 0) is 4.79 Å². The fraction of sp³-hybridized carbons (Fsp3) is 0.0952. The Morgan fingerprint density at radius 1 is 1.19 bits per heavy atom. The minimum absolute atomic E-state index is 0.0338. The molecule has 0 radical (unpaired) electrons. The number of carbonyl (C=O) groups excluding carboxylic acids is 1. The number of hydrogen-bond acceptors (Lipinski definition) is 4. The lowest BCUT2D eigenvalue weighted by atomic mass is 10.0. The number of benzene rings is 2. The average Bonchev–Trinajstić information content (AvgIpc) is 2.68. The molecule has 1 aliphatic rings. The van der Waals surface area contributed by atoms with E-state index < -0.39 is 5.91 Å². The summed E-state index contributed by atoms with van der Waals surface area (Å²) >= 11 is 1.60. The van der Waals surface area contributed by atoms with Gasteiger partial charge in [-0.15, -0.1) is 0 Å². The van der Waals surface area contributed by atoms with Gasteiger partial charge in [-0.1, -0.05) is 30.0 Å². The van der Waals surface area contributed by atoms with Gasteiger partial charge in [-0.25, -0.2) is 4.85 Å². The Bertz CT molecular complexity index is 1040. The monoisotopic (exact) mass is 372 g/mol. The van der Waals surface area contributed by atoms with Crippen LogP contribution in [0.4, 0.5) is 5.69 Å². The van der Waals surface area contributed by atoms with Gasteiger partial charge in [0.05, 0.1) is 23.2 Å². The van der Waals surface area contributed by atoms with E-state index in [1.807, 2.05) is 55.4 Å². The highest BCUT2D eigenvalue weighted by Crippen LogP contribution is 2.42. The third kappa shape index (κ3) is 3.87. The van der Waals surface area contributed by atoms with Crippen molar-refractivity contribution in [1.82, 2.24) is 4.90 Å². The van der Waals surface area contributed by atoms with Crippen molar-refractivity contribution in [2.24, 2.45) is 0 Å². The third-order valence-electron chi connectivity index (χ3n) is 3.95. The van der Waals surface area contributed by atoms with Gasteiger partial charge >= 0.3 is 0 Å². The molecule has 3 rings (SSSR count). The summed E-state index contributed by atoms with van der Waals surface area (Å²) in [5.41, 5.74) is 2.55. The van der Waals surface area contributed by atoms with Gasteiger partial charge < -0.3 is 10.2 Å². The number of fused-ring (bicyclic) bond motifs is 1. The molecule has 1 amide bonds. The van der Waals surface area contributed by atoms with E-state index in [-0.39, 0.29) is 5.70 Å². The molecule has 0 fully saturated rings. The van der Waals surface area contributed by atoms with Gasteiger partial charge in [-0.3, -0.25) is 4.79 Å². The number of nitrogens with zero attached hydrogens (tertiary/aromatic N) is 3. The lowest BCUT2D eigenvalue weighted by molar-refractivity contribution is -0.112. The Labute approximate surface area is 162 Å². The zero-order chi connectivity index (χ0) is 19.4. The number of hydrogen-bond donors (Lipinski definition) is 1. The second kappa shape index (κ2) is 7.82. The van der Waals surface area contributed by atoms with Crippen LogP contribution in [0, 0.1) is 17.9 Å². The number of anilines is 1. The highest BCUT2D eigenvalue weighted by Gasteiger charge is 2.23. The molecule has 1 heterocycles. The van der Waals surface area contributed by atoms with E-state index in [4.69, 9.17) is 11.8 Å². The van der Waals surface area contributed by atoms with Crippen molar-refractivity contribution in [3.05, 3.63) is 87.9 Å². The van der Waals surface area contributed by atoms with Gasteiger partial charge in [0, 0.05) is 24.7 Å². The Hall–Kier alpha value is -3.48. The van der Waals surface area contributed by atoms with Crippen LogP contribution in [0.15, 0.2) is 70.2 Å². The van der Waals surface area contributed by atoms with E-state index in [1.54, 1.807) is 36.0 Å². The van der Waals surface area contributed by atoms with Crippen molar-refractivity contribution >= 4 is 28.9 Å². The maximum Gasteiger partial charge on any atom is 0.258 e. The third-order valence-corrected chi connectivity index (χ3v) is 5.22. The van der Waals surface area contributed by atoms with Crippen LogP contribution in [-0.4, -0.2) is 24.9 Å². The Morgan fingerprint density at radius 2 is 1.89 bits per heavy atom. The van der Waals surface area contributed by atoms with Crippen LogP contribution in [0.5, 0.6) is 0 Å². The van der Waals surface area contributed by atoms with Crippen molar-refractivity contribution in [2.45, 2.75) is 4.90 Å². The summed E-state index contributed by atoms with van der Waals surface area (Å²) in [7, 11) is 3.86. The molecule has 6 heteroatoms. The number of rotatable bonds is 3. The van der Waals surface area contributed by atoms with Gasteiger partial charge in [0.1, 0.15) is 0 Å². The minimum Gasteiger partial charge on any atom is -0.372 e. The molecule has 132 valence electrons. The molecule has 0 atom stereocenters. The maximum atomic E-state index is 12.8. The number of carbonyl (C=O) groups is 1. The second-order valence-electron chi connectivity index (χ2n) is 5.99. The number of amides is 1. The Morgan fingerprint density at radius 3 is 2.52 bits per heavy atom. The first-order chi connectivity index (χ1) is 13.0. The van der Waals surface area contributed by atoms with Crippen molar-refractivity contribution < 1.29 is 4.79 Å². The first-order valence-electron chi connectivity index (χ1n) is 8.13. The summed E-state index contributed by atoms with van der Waals surface area (Å²) in [6.07, 6.45) is 1.87. The predicted octanol–water partition coefficient (Wildman–Crippen LogP) is 4.34. The van der Waals surface area contributed by atoms with E-state index in [0.717, 1.165) is 15.5 Å². The smallest absolute Gasteiger partial charge is 0.258 e. The SMILES string of the molecule is [C-]#[N+]/C(C(=O)Nc1ccc(C#N)cc1)=C1\C=C(N(C)C)Sc2ccccc21. The van der Waals surface area contributed by atoms with Crippen molar-refractivity contribution in [3.63, 3.8) is 0 Å². The normalized spacial score (nSPS) is 14.1. The van der Waals surface area contributed by atoms with Crippen LogP contribution < -0.4 is 5.32 Å². The molecule has 0 unspecified atom stereocenters. The van der Waals surface area contributed by atoms with Crippen LogP contribution in [0.1, 0.15) is 11.1 Å². The Balaban J connectivity index is 2.03. The van der Waals surface area contributed by atoms with Crippen LogP contribution >= 0.6 is 11.8 Å². The number of thioether (sulfide) groups is 1. The molecule has 1 N–H and O–H groups in total. The fourth-order valence-corrected chi connectivity index (χ4v) is 3.61. The van der Waals surface area contributed by atoms with E-state index in [1.165, 1.54) is 0 Å². The van der Waals surface area contributed by atoms with Gasteiger partial charge in [0.15, 0.2) is 0 Å². The summed E-state index contributed by atoms with van der Waals surface area (Å²) in [5.74, 6) is -0.472. The first-order valence-corrected chi connectivity index (χ1v) is 8.94. The van der Waals surface area contributed by atoms with Gasteiger partial charge in [-0.2, -0.15) is 5.26 Å². The molecule has 0 aromatic heterocycles. The molecule has 0 saturated carbocycles. The molecule has 5 nitrogen and oxygen atoms in total. The molecule has 0 aliphatic carbocycles. The van der Waals surface area contributed by atoms with Gasteiger partial charge in [-0.05, 0) is 47.5 Å². The van der Waals surface area contributed by atoms with Gasteiger partial charge in [0.2, 0.25) is 0 Å². The van der Waals surface area contributed by atoms with E-state index in [0.29, 0.717) is 16.8 Å². The quantitative estimate of drug-likeness (QED) is 0.643. The molecule has 0 spiro atoms. The average molecular weight is 372 g/mol. The van der Waals surface area contributed by atoms with Crippen molar-refractivity contribution in [1.29, 1.82) is 5.26 Å². The maximum absolute atomic E-state index is 12.8. The first kappa shape index (κ1) is 18.3. The zero-order valence-electron chi connectivity index (χ0n) is 14.9. The largest absolute Gasteiger partial charge is 0.372 e. The number of nitriles is 1. The second-order valence-corrected chi connectivity index (χ2v) is 7.05. The zero-order valence-corrected chi connectivity index (χ0v) is 15.7. The highest BCUT2D eigenvalue weighted by molar-refractivity contribution is 8.03. The summed E-state index contributed by atoms with van der Waals surface area (Å²) in [6.45, 7) is 7.58.